The maximum absolute atomic E-state index is 11.6. The Kier molecular flexibility index (Phi) is 23.8. The third-order valence-electron chi connectivity index (χ3n) is 2.39. The van der Waals surface area contributed by atoms with Crippen LogP contribution in [0.15, 0.2) is 36.6 Å². The summed E-state index contributed by atoms with van der Waals surface area (Å²) in [6.45, 7) is 15.5. The molecular formula is C19H36N2O3. The second-order valence-electron chi connectivity index (χ2n) is 4.76. The van der Waals surface area contributed by atoms with Gasteiger partial charge in [0.2, 0.25) is 0 Å². The average molecular weight is 341 g/mol. The number of ether oxygens (including phenoxy) is 1. The maximum Gasteiger partial charge on any atom is 0.286 e. The molecule has 5 nitrogen and oxygen atoms in total. The standard InChI is InChI=1S/C13H19NO3.C4H11N.C2H6/c1-4-6-8-12(13(16)14-9-10-15)17-11(3)7-5-2;1-4(2)5-3;1-2/h4-5,7-8,10-11H,1,6,9H2,2-3H3,(H,14,16);4-5H,1-3H3;1-2H3/b7-5-,12-8-;;. The number of amides is 1. The topological polar surface area (TPSA) is 67.4 Å². The molecule has 1 atom stereocenters. The zero-order chi connectivity index (χ0) is 19.4. The highest BCUT2D eigenvalue weighted by Gasteiger charge is 2.11. The van der Waals surface area contributed by atoms with E-state index in [1.54, 1.807) is 12.2 Å². The predicted molar refractivity (Wildman–Crippen MR) is 103 cm³/mol. The summed E-state index contributed by atoms with van der Waals surface area (Å²) in [6, 6.07) is 0.634. The van der Waals surface area contributed by atoms with Crippen molar-refractivity contribution in [3.63, 3.8) is 0 Å². The van der Waals surface area contributed by atoms with E-state index in [1.165, 1.54) is 0 Å². The van der Waals surface area contributed by atoms with E-state index in [2.05, 4.69) is 31.1 Å². The van der Waals surface area contributed by atoms with Crippen LogP contribution in [0.1, 0.15) is 48.0 Å². The molecule has 0 radical (unpaired) electrons. The summed E-state index contributed by atoms with van der Waals surface area (Å²) in [6.07, 6.45) is 7.93. The van der Waals surface area contributed by atoms with Crippen molar-refractivity contribution in [1.29, 1.82) is 0 Å². The molecular weight excluding hydrogens is 304 g/mol. The smallest absolute Gasteiger partial charge is 0.286 e. The summed E-state index contributed by atoms with van der Waals surface area (Å²) < 4.78 is 5.45. The van der Waals surface area contributed by atoms with Crippen LogP contribution in [-0.2, 0) is 14.3 Å². The first kappa shape index (κ1) is 27.0. The summed E-state index contributed by atoms with van der Waals surface area (Å²) in [5, 5.41) is 5.46. The van der Waals surface area contributed by atoms with Crippen LogP contribution in [0, 0.1) is 0 Å². The Balaban J connectivity index is -0.000000534. The number of allylic oxidation sites excluding steroid dienone is 3. The number of hydrogen-bond acceptors (Lipinski definition) is 4. The van der Waals surface area contributed by atoms with E-state index in [1.807, 2.05) is 46.9 Å². The molecule has 0 rings (SSSR count). The number of aldehydes is 1. The van der Waals surface area contributed by atoms with Gasteiger partial charge in [-0.3, -0.25) is 4.79 Å². The summed E-state index contributed by atoms with van der Waals surface area (Å²) >= 11 is 0. The number of rotatable bonds is 9. The molecule has 5 heteroatoms. The zero-order valence-corrected chi connectivity index (χ0v) is 16.4. The van der Waals surface area contributed by atoms with Gasteiger partial charge in [0.05, 0.1) is 6.54 Å². The lowest BCUT2D eigenvalue weighted by Gasteiger charge is -2.13. The molecule has 2 N–H and O–H groups in total. The largest absolute Gasteiger partial charge is 0.481 e. The van der Waals surface area contributed by atoms with Gasteiger partial charge in [-0.1, -0.05) is 39.8 Å². The predicted octanol–water partition coefficient (Wildman–Crippen LogP) is 3.38. The van der Waals surface area contributed by atoms with Gasteiger partial charge in [-0.15, -0.1) is 6.58 Å². The van der Waals surface area contributed by atoms with Crippen LogP contribution < -0.4 is 10.6 Å². The molecule has 0 aliphatic heterocycles. The Morgan fingerprint density at radius 3 is 2.17 bits per heavy atom. The summed E-state index contributed by atoms with van der Waals surface area (Å²) in [5.41, 5.74) is 0. The van der Waals surface area contributed by atoms with Crippen LogP contribution in [0.4, 0.5) is 0 Å². The zero-order valence-electron chi connectivity index (χ0n) is 16.4. The molecule has 1 amide bonds. The third kappa shape index (κ3) is 20.1. The molecule has 0 aromatic heterocycles. The highest BCUT2D eigenvalue weighted by Crippen LogP contribution is 2.06. The van der Waals surface area contributed by atoms with Crippen molar-refractivity contribution in [2.45, 2.75) is 60.1 Å². The van der Waals surface area contributed by atoms with Gasteiger partial charge in [0.1, 0.15) is 12.4 Å². The van der Waals surface area contributed by atoms with E-state index >= 15 is 0 Å². The third-order valence-corrected chi connectivity index (χ3v) is 2.39. The molecule has 0 heterocycles. The van der Waals surface area contributed by atoms with Crippen molar-refractivity contribution in [2.75, 3.05) is 13.6 Å². The van der Waals surface area contributed by atoms with Crippen molar-refractivity contribution >= 4 is 12.2 Å². The average Bonchev–Trinajstić information content (AvgIpc) is 2.58. The normalized spacial score (nSPS) is 11.6. The Labute approximate surface area is 148 Å². The van der Waals surface area contributed by atoms with Crippen LogP contribution in [0.2, 0.25) is 0 Å². The molecule has 0 saturated carbocycles. The lowest BCUT2D eigenvalue weighted by atomic mass is 10.3. The van der Waals surface area contributed by atoms with Crippen molar-refractivity contribution in [1.82, 2.24) is 10.6 Å². The number of nitrogens with one attached hydrogen (secondary N) is 2. The Morgan fingerprint density at radius 1 is 1.25 bits per heavy atom. The van der Waals surface area contributed by atoms with E-state index in [0.717, 1.165) is 0 Å². The number of carbonyl (C=O) groups excluding carboxylic acids is 2. The molecule has 0 aliphatic carbocycles. The van der Waals surface area contributed by atoms with Gasteiger partial charge in [0.25, 0.3) is 5.91 Å². The molecule has 1 unspecified atom stereocenters. The first-order valence-corrected chi connectivity index (χ1v) is 8.42. The molecule has 24 heavy (non-hydrogen) atoms. The fourth-order valence-corrected chi connectivity index (χ4v) is 1.12. The minimum Gasteiger partial charge on any atom is -0.481 e. The first-order valence-electron chi connectivity index (χ1n) is 8.42. The molecule has 0 aromatic rings. The van der Waals surface area contributed by atoms with Crippen molar-refractivity contribution in [3.8, 4) is 0 Å². The van der Waals surface area contributed by atoms with E-state index in [0.29, 0.717) is 18.7 Å². The highest BCUT2D eigenvalue weighted by molar-refractivity contribution is 5.92. The molecule has 0 spiro atoms. The van der Waals surface area contributed by atoms with Crippen molar-refractivity contribution in [2.24, 2.45) is 0 Å². The minimum atomic E-state index is -0.393. The second-order valence-corrected chi connectivity index (χ2v) is 4.76. The lowest BCUT2D eigenvalue weighted by Crippen LogP contribution is -2.28. The minimum absolute atomic E-state index is 0.0222. The van der Waals surface area contributed by atoms with Crippen molar-refractivity contribution < 1.29 is 14.3 Å². The quantitative estimate of drug-likeness (QED) is 0.292. The van der Waals surface area contributed by atoms with Crippen LogP contribution in [0.25, 0.3) is 0 Å². The Hall–Kier alpha value is -1.88. The van der Waals surface area contributed by atoms with Crippen LogP contribution in [0.3, 0.4) is 0 Å². The highest BCUT2D eigenvalue weighted by atomic mass is 16.5. The van der Waals surface area contributed by atoms with Gasteiger partial charge >= 0.3 is 0 Å². The van der Waals surface area contributed by atoms with E-state index in [9.17, 15) is 9.59 Å². The van der Waals surface area contributed by atoms with Gasteiger partial charge in [-0.2, -0.15) is 0 Å². The Morgan fingerprint density at radius 2 is 1.79 bits per heavy atom. The van der Waals surface area contributed by atoms with Crippen LogP contribution >= 0.6 is 0 Å². The van der Waals surface area contributed by atoms with Gasteiger partial charge in [0, 0.05) is 6.04 Å². The Bertz CT molecular complexity index is 375. The maximum atomic E-state index is 11.6. The lowest BCUT2D eigenvalue weighted by molar-refractivity contribution is -0.122. The first-order chi connectivity index (χ1) is 11.4. The van der Waals surface area contributed by atoms with Gasteiger partial charge in [0.15, 0.2) is 5.76 Å². The van der Waals surface area contributed by atoms with Crippen molar-refractivity contribution in [3.05, 3.63) is 36.6 Å². The summed E-state index contributed by atoms with van der Waals surface area (Å²) in [5.74, 6) is -0.187. The van der Waals surface area contributed by atoms with Gasteiger partial charge < -0.3 is 20.2 Å². The molecule has 0 aliphatic rings. The SMILES string of the molecule is C=CC/C=C(\OC(C)/C=C\C)C(=O)NCC=O.CC.CNC(C)C. The fraction of sp³-hybridized carbons (Fsp3) is 0.579. The van der Waals surface area contributed by atoms with Gasteiger partial charge in [-0.05, 0) is 39.5 Å². The summed E-state index contributed by atoms with van der Waals surface area (Å²) in [7, 11) is 1.95. The molecule has 0 fully saturated rings. The van der Waals surface area contributed by atoms with E-state index in [-0.39, 0.29) is 18.4 Å². The monoisotopic (exact) mass is 340 g/mol. The van der Waals surface area contributed by atoms with Crippen LogP contribution in [0.5, 0.6) is 0 Å². The summed E-state index contributed by atoms with van der Waals surface area (Å²) in [4.78, 5) is 21.8. The molecule has 0 bridgehead atoms. The number of carbonyl (C=O) groups is 2. The second kappa shape index (κ2) is 21.1. The molecule has 0 aromatic carbocycles. The molecule has 0 saturated heterocycles. The molecule has 140 valence electrons. The van der Waals surface area contributed by atoms with Crippen LogP contribution in [-0.4, -0.2) is 37.9 Å². The van der Waals surface area contributed by atoms with E-state index in [4.69, 9.17) is 4.74 Å². The number of hydrogen-bond donors (Lipinski definition) is 2. The van der Waals surface area contributed by atoms with Gasteiger partial charge in [-0.25, -0.2) is 0 Å². The van der Waals surface area contributed by atoms with E-state index < -0.39 is 5.91 Å². The fourth-order valence-electron chi connectivity index (χ4n) is 1.12.